The number of rotatable bonds is 6. The lowest BCUT2D eigenvalue weighted by Crippen LogP contribution is -2.49. The fraction of sp³-hybridized carbons (Fsp3) is 0.381. The number of nitrogens with one attached hydrogen (secondary N) is 1. The highest BCUT2D eigenvalue weighted by Gasteiger charge is 2.20. The summed E-state index contributed by atoms with van der Waals surface area (Å²) in [7, 11) is 0. The van der Waals surface area contributed by atoms with Crippen LogP contribution in [0.5, 0.6) is 5.75 Å². The van der Waals surface area contributed by atoms with Gasteiger partial charge < -0.3 is 20.1 Å². The van der Waals surface area contributed by atoms with E-state index in [9.17, 15) is 5.11 Å². The Balaban J connectivity index is 1.22. The van der Waals surface area contributed by atoms with Gasteiger partial charge in [0.1, 0.15) is 18.5 Å². The minimum Gasteiger partial charge on any atom is -0.491 e. The van der Waals surface area contributed by atoms with Crippen molar-refractivity contribution in [2.75, 3.05) is 49.5 Å². The molecule has 0 amide bonds. The van der Waals surface area contributed by atoms with E-state index in [2.05, 4.69) is 27.2 Å². The van der Waals surface area contributed by atoms with Crippen molar-refractivity contribution in [1.29, 1.82) is 0 Å². The van der Waals surface area contributed by atoms with E-state index < -0.39 is 6.10 Å². The third-order valence-electron chi connectivity index (χ3n) is 5.18. The average Bonchev–Trinajstić information content (AvgIpc) is 3.07. The predicted octanol–water partition coefficient (Wildman–Crippen LogP) is 3.20. The molecule has 2 N–H and O–H groups in total. The number of benzene rings is 2. The predicted molar refractivity (Wildman–Crippen MR) is 118 cm³/mol. The number of hydrogen-bond acceptors (Lipinski definition) is 5. The molecule has 1 atom stereocenters. The molecular weight excluding hydrogens is 394 g/mol. The first-order valence-electron chi connectivity index (χ1n) is 9.53. The molecule has 2 aliphatic rings. The molecule has 1 saturated heterocycles. The summed E-state index contributed by atoms with van der Waals surface area (Å²) in [6.45, 7) is 4.61. The van der Waals surface area contributed by atoms with Crippen molar-refractivity contribution in [3.8, 4) is 5.75 Å². The van der Waals surface area contributed by atoms with Crippen LogP contribution in [0, 0.1) is 0 Å². The maximum atomic E-state index is 10.4. The zero-order chi connectivity index (χ0) is 19.5. The summed E-state index contributed by atoms with van der Waals surface area (Å²) in [4.78, 5) is 5.47. The van der Waals surface area contributed by atoms with Gasteiger partial charge in [0.25, 0.3) is 0 Å². The molecule has 0 aromatic heterocycles. The number of aliphatic hydroxyl groups is 1. The Morgan fingerprint density at radius 2 is 1.86 bits per heavy atom. The van der Waals surface area contributed by atoms with Crippen molar-refractivity contribution in [2.24, 2.45) is 0 Å². The largest absolute Gasteiger partial charge is 0.491 e. The highest BCUT2D eigenvalue weighted by Crippen LogP contribution is 2.27. The van der Waals surface area contributed by atoms with Crippen molar-refractivity contribution < 1.29 is 9.84 Å². The second-order valence-corrected chi connectivity index (χ2v) is 8.20. The summed E-state index contributed by atoms with van der Waals surface area (Å²) in [5.41, 5.74) is 3.39. The molecule has 4 rings (SSSR count). The molecule has 0 unspecified atom stereocenters. The van der Waals surface area contributed by atoms with Crippen LogP contribution in [-0.2, 0) is 6.42 Å². The Labute approximate surface area is 175 Å². The van der Waals surface area contributed by atoms with E-state index in [1.807, 2.05) is 30.3 Å². The van der Waals surface area contributed by atoms with Gasteiger partial charge in [-0.2, -0.15) is 0 Å². The van der Waals surface area contributed by atoms with Crippen LogP contribution < -0.4 is 15.0 Å². The number of hydrogen-bond donors (Lipinski definition) is 2. The Bertz CT molecular complexity index is 838. The summed E-state index contributed by atoms with van der Waals surface area (Å²) in [5.74, 6) is 0.775. The van der Waals surface area contributed by atoms with Gasteiger partial charge in [-0.05, 0) is 48.0 Å². The second kappa shape index (κ2) is 8.66. The van der Waals surface area contributed by atoms with E-state index in [1.54, 1.807) is 0 Å². The van der Waals surface area contributed by atoms with Crippen molar-refractivity contribution in [3.63, 3.8) is 0 Å². The normalized spacial score (nSPS) is 17.9. The summed E-state index contributed by atoms with van der Waals surface area (Å²) < 4.78 is 5.80. The van der Waals surface area contributed by atoms with Crippen molar-refractivity contribution >= 4 is 40.2 Å². The van der Waals surface area contributed by atoms with Gasteiger partial charge in [0.15, 0.2) is 0 Å². The van der Waals surface area contributed by atoms with Crippen molar-refractivity contribution in [1.82, 2.24) is 4.90 Å². The fourth-order valence-corrected chi connectivity index (χ4v) is 4.07. The molecule has 7 heteroatoms. The molecule has 1 fully saturated rings. The Morgan fingerprint density at radius 3 is 2.61 bits per heavy atom. The minimum atomic E-state index is -0.519. The molecule has 2 heterocycles. The minimum absolute atomic E-state index is 0.286. The number of anilines is 2. The summed E-state index contributed by atoms with van der Waals surface area (Å²) >= 11 is 11.2. The van der Waals surface area contributed by atoms with Gasteiger partial charge in [-0.1, -0.05) is 23.8 Å². The molecule has 0 aliphatic carbocycles. The number of fused-ring (bicyclic) bond motifs is 1. The smallest absolute Gasteiger partial charge is 0.119 e. The lowest BCUT2D eigenvalue weighted by Gasteiger charge is -2.36. The monoisotopic (exact) mass is 417 g/mol. The van der Waals surface area contributed by atoms with Crippen LogP contribution in [0.2, 0.25) is 5.02 Å². The molecule has 0 spiro atoms. The Hall–Kier alpha value is -1.86. The zero-order valence-corrected chi connectivity index (χ0v) is 17.2. The van der Waals surface area contributed by atoms with Crippen LogP contribution >= 0.6 is 23.8 Å². The summed E-state index contributed by atoms with van der Waals surface area (Å²) in [6, 6.07) is 13.8. The lowest BCUT2D eigenvalue weighted by molar-refractivity contribution is 0.0663. The molecule has 5 nitrogen and oxygen atoms in total. The van der Waals surface area contributed by atoms with Gasteiger partial charge >= 0.3 is 0 Å². The summed E-state index contributed by atoms with van der Waals surface area (Å²) in [5, 5.41) is 14.3. The molecule has 2 aromatic carbocycles. The van der Waals surface area contributed by atoms with Crippen LogP contribution in [0.25, 0.3) is 0 Å². The maximum Gasteiger partial charge on any atom is 0.119 e. The van der Waals surface area contributed by atoms with E-state index in [0.29, 0.717) is 6.54 Å². The second-order valence-electron chi connectivity index (χ2n) is 7.27. The molecule has 0 radical (unpaired) electrons. The number of ether oxygens (including phenoxy) is 1. The topological polar surface area (TPSA) is 48.0 Å². The molecule has 2 aromatic rings. The van der Waals surface area contributed by atoms with Gasteiger partial charge in [0.2, 0.25) is 0 Å². The molecular formula is C21H24ClN3O2S. The third-order valence-corrected chi connectivity index (χ3v) is 5.68. The quantitative estimate of drug-likeness (QED) is 0.704. The first kappa shape index (κ1) is 19.5. The average molecular weight is 418 g/mol. The number of aliphatic hydroxyl groups excluding tert-OH is 1. The molecule has 148 valence electrons. The van der Waals surface area contributed by atoms with Gasteiger partial charge in [-0.3, -0.25) is 4.90 Å². The molecule has 0 bridgehead atoms. The highest BCUT2D eigenvalue weighted by molar-refractivity contribution is 7.80. The zero-order valence-electron chi connectivity index (χ0n) is 15.6. The van der Waals surface area contributed by atoms with Crippen LogP contribution in [0.1, 0.15) is 5.56 Å². The third kappa shape index (κ3) is 4.75. The molecule has 0 saturated carbocycles. The Kier molecular flexibility index (Phi) is 6.01. The SMILES string of the molecule is O[C@H](COc1ccc2c(c1)CC(=S)N2)CN1CCN(c2ccc(Cl)cc2)CC1. The van der Waals surface area contributed by atoms with Gasteiger partial charge in [0, 0.05) is 55.5 Å². The number of thiocarbonyl (C=S) groups is 1. The van der Waals surface area contributed by atoms with E-state index in [1.165, 1.54) is 5.69 Å². The standard InChI is InChI=1S/C21H24ClN3O2S/c22-16-1-3-17(4-2-16)25-9-7-24(8-10-25)13-18(26)14-27-19-5-6-20-15(11-19)12-21(28)23-20/h1-6,11,18,26H,7-10,12-14H2,(H,23,28)/t18-/m0/s1. The molecule has 2 aliphatic heterocycles. The van der Waals surface area contributed by atoms with Crippen LogP contribution in [-0.4, -0.2) is 60.4 Å². The van der Waals surface area contributed by atoms with Crippen LogP contribution in [0.15, 0.2) is 42.5 Å². The van der Waals surface area contributed by atoms with Gasteiger partial charge in [-0.25, -0.2) is 0 Å². The fourth-order valence-electron chi connectivity index (χ4n) is 3.68. The summed E-state index contributed by atoms with van der Waals surface area (Å²) in [6.07, 6.45) is 0.233. The van der Waals surface area contributed by atoms with Gasteiger partial charge in [-0.15, -0.1) is 0 Å². The van der Waals surface area contributed by atoms with Crippen molar-refractivity contribution in [3.05, 3.63) is 53.1 Å². The number of β-amino-alcohol motifs (C(OH)–C–C–N with tert-alkyl or cyclic N) is 1. The van der Waals surface area contributed by atoms with E-state index in [0.717, 1.165) is 59.6 Å². The highest BCUT2D eigenvalue weighted by atomic mass is 35.5. The van der Waals surface area contributed by atoms with Crippen LogP contribution in [0.4, 0.5) is 11.4 Å². The van der Waals surface area contributed by atoms with E-state index in [-0.39, 0.29) is 6.61 Å². The van der Waals surface area contributed by atoms with Crippen molar-refractivity contribution in [2.45, 2.75) is 12.5 Å². The van der Waals surface area contributed by atoms with Gasteiger partial charge in [0.05, 0.1) is 4.99 Å². The number of piperazine rings is 1. The van der Waals surface area contributed by atoms with E-state index in [4.69, 9.17) is 28.6 Å². The first-order valence-corrected chi connectivity index (χ1v) is 10.3. The molecule has 28 heavy (non-hydrogen) atoms. The lowest BCUT2D eigenvalue weighted by atomic mass is 10.1. The Morgan fingerprint density at radius 1 is 1.11 bits per heavy atom. The first-order chi connectivity index (χ1) is 13.6. The number of halogens is 1. The maximum absolute atomic E-state index is 10.4. The van der Waals surface area contributed by atoms with Crippen LogP contribution in [0.3, 0.4) is 0 Å². The van der Waals surface area contributed by atoms with E-state index >= 15 is 0 Å². The number of nitrogens with zero attached hydrogens (tertiary/aromatic N) is 2.